The quantitative estimate of drug-likeness (QED) is 0.329. The van der Waals surface area contributed by atoms with Gasteiger partial charge in [-0.05, 0) is 53.8 Å². The van der Waals surface area contributed by atoms with Gasteiger partial charge in [-0.3, -0.25) is 9.59 Å². The number of hydrogen-bond donors (Lipinski definition) is 3. The molecule has 7 nitrogen and oxygen atoms in total. The maximum absolute atomic E-state index is 14.7. The summed E-state index contributed by atoms with van der Waals surface area (Å²) in [6.45, 7) is 0.543. The molecule has 5 N–H and O–H groups in total. The average molecular weight is 515 g/mol. The molecule has 1 unspecified atom stereocenters. The van der Waals surface area contributed by atoms with Gasteiger partial charge < -0.3 is 25.8 Å². The Morgan fingerprint density at radius 2 is 1.97 bits per heavy atom. The van der Waals surface area contributed by atoms with Crippen LogP contribution in [0, 0.1) is 35.3 Å². The van der Waals surface area contributed by atoms with Crippen LogP contribution in [0.4, 0.5) is 8.78 Å². The fourth-order valence-electron chi connectivity index (χ4n) is 4.16. The van der Waals surface area contributed by atoms with Crippen LogP contribution in [0.2, 0.25) is 0 Å². The van der Waals surface area contributed by atoms with E-state index in [2.05, 4.69) is 28.7 Å². The van der Waals surface area contributed by atoms with Crippen molar-refractivity contribution in [3.8, 4) is 29.4 Å². The van der Waals surface area contributed by atoms with Gasteiger partial charge in [0.15, 0.2) is 0 Å². The summed E-state index contributed by atoms with van der Waals surface area (Å²) >= 11 is 0. The zero-order valence-electron chi connectivity index (χ0n) is 20.5. The summed E-state index contributed by atoms with van der Waals surface area (Å²) in [5, 5.41) is 0.620. The smallest absolute Gasteiger partial charge is 0.254 e. The van der Waals surface area contributed by atoms with Crippen LogP contribution in [0.25, 0.3) is 10.9 Å². The van der Waals surface area contributed by atoms with E-state index >= 15 is 0 Å². The zero-order chi connectivity index (χ0) is 27.2. The number of primary amides is 1. The second-order valence-electron chi connectivity index (χ2n) is 8.42. The molecule has 0 saturated heterocycles. The molecule has 192 valence electrons. The van der Waals surface area contributed by atoms with Crippen molar-refractivity contribution in [2.45, 2.75) is 12.3 Å². The molecule has 0 saturated carbocycles. The van der Waals surface area contributed by atoms with Gasteiger partial charge in [0.25, 0.3) is 5.56 Å². The second kappa shape index (κ2) is 11.5. The molecule has 0 bridgehead atoms. The molecule has 2 aromatic heterocycles. The molecule has 1 atom stereocenters. The first-order valence-electron chi connectivity index (χ1n) is 11.7. The van der Waals surface area contributed by atoms with E-state index in [-0.39, 0.29) is 35.3 Å². The SMILES string of the molecule is Cn1cccc(C(CC#CC#Cc2c(C(N)=O)cc(OCCN)c3[nH]ccc23)c2cc(F)ccc2F)c1=O. The number of H-pyrrole nitrogens is 1. The first kappa shape index (κ1) is 26.2. The molecule has 0 spiro atoms. The topological polar surface area (TPSA) is 116 Å². The number of halogens is 2. The Balaban J connectivity index is 1.72. The number of fused-ring (bicyclic) bond motifs is 1. The lowest BCUT2D eigenvalue weighted by molar-refractivity contribution is 0.1000. The Kier molecular flexibility index (Phi) is 7.91. The molecule has 4 aromatic rings. The summed E-state index contributed by atoms with van der Waals surface area (Å²) in [5.74, 6) is 8.77. The number of nitrogens with zero attached hydrogens (tertiary/aromatic N) is 1. The lowest BCUT2D eigenvalue weighted by atomic mass is 9.89. The van der Waals surface area contributed by atoms with Gasteiger partial charge in [0.05, 0.1) is 11.1 Å². The number of nitrogens with two attached hydrogens (primary N) is 2. The third-order valence-electron chi connectivity index (χ3n) is 5.95. The number of amides is 1. The lowest BCUT2D eigenvalue weighted by Gasteiger charge is -2.16. The van der Waals surface area contributed by atoms with E-state index in [9.17, 15) is 18.4 Å². The maximum Gasteiger partial charge on any atom is 0.254 e. The number of nitrogens with one attached hydrogen (secondary N) is 1. The lowest BCUT2D eigenvalue weighted by Crippen LogP contribution is -2.23. The fourth-order valence-corrected chi connectivity index (χ4v) is 4.16. The van der Waals surface area contributed by atoms with Crippen LogP contribution in [0.15, 0.2) is 59.7 Å². The number of aromatic nitrogens is 2. The van der Waals surface area contributed by atoms with Crippen molar-refractivity contribution in [1.29, 1.82) is 0 Å². The zero-order valence-corrected chi connectivity index (χ0v) is 20.5. The third kappa shape index (κ3) is 5.44. The summed E-state index contributed by atoms with van der Waals surface area (Å²) in [5.41, 5.74) is 12.2. The minimum atomic E-state index is -0.823. The predicted octanol–water partition coefficient (Wildman–Crippen LogP) is 3.16. The van der Waals surface area contributed by atoms with E-state index in [0.717, 1.165) is 18.2 Å². The summed E-state index contributed by atoms with van der Waals surface area (Å²) < 4.78 is 35.6. The van der Waals surface area contributed by atoms with Crippen LogP contribution in [0.1, 0.15) is 39.4 Å². The molecular formula is C29H24F2N4O3. The molecule has 4 rings (SSSR count). The van der Waals surface area contributed by atoms with E-state index in [1.54, 1.807) is 37.6 Å². The van der Waals surface area contributed by atoms with Crippen molar-refractivity contribution in [1.82, 2.24) is 9.55 Å². The number of carbonyl (C=O) groups excluding carboxylic acids is 1. The number of hydrogen-bond acceptors (Lipinski definition) is 4. The summed E-state index contributed by atoms with van der Waals surface area (Å²) in [7, 11) is 1.58. The van der Waals surface area contributed by atoms with Gasteiger partial charge in [-0.1, -0.05) is 17.9 Å². The standard InChI is InChI=1S/C29H24F2N4O3/c1-35-14-5-8-22(29(35)37)20(23-16-18(30)9-10-25(23)31)7-4-2-3-6-19-21-11-13-34-27(21)26(38-15-12-32)17-24(19)28(33)36/h5,8-11,13-14,16-17,20,34H,7,12,15,32H2,1H3,(H2,33,36). The Hall–Kier alpha value is -4.86. The van der Waals surface area contributed by atoms with Crippen molar-refractivity contribution < 1.29 is 18.3 Å². The van der Waals surface area contributed by atoms with E-state index < -0.39 is 23.5 Å². The number of benzene rings is 2. The van der Waals surface area contributed by atoms with Gasteiger partial charge in [0.1, 0.15) is 24.0 Å². The highest BCUT2D eigenvalue weighted by molar-refractivity contribution is 6.04. The molecule has 9 heteroatoms. The molecule has 0 aliphatic heterocycles. The predicted molar refractivity (Wildman–Crippen MR) is 141 cm³/mol. The highest BCUT2D eigenvalue weighted by Crippen LogP contribution is 2.31. The first-order valence-corrected chi connectivity index (χ1v) is 11.7. The van der Waals surface area contributed by atoms with Gasteiger partial charge >= 0.3 is 0 Å². The number of carbonyl (C=O) groups is 1. The van der Waals surface area contributed by atoms with Crippen LogP contribution < -0.4 is 21.8 Å². The normalized spacial score (nSPS) is 11.3. The third-order valence-corrected chi connectivity index (χ3v) is 5.95. The molecule has 0 fully saturated rings. The van der Waals surface area contributed by atoms with Crippen molar-refractivity contribution in [2.24, 2.45) is 18.5 Å². The number of pyridine rings is 1. The van der Waals surface area contributed by atoms with E-state index in [0.29, 0.717) is 28.8 Å². The van der Waals surface area contributed by atoms with Crippen molar-refractivity contribution in [3.63, 3.8) is 0 Å². The van der Waals surface area contributed by atoms with Gasteiger partial charge in [0.2, 0.25) is 5.91 Å². The maximum atomic E-state index is 14.7. The first-order chi connectivity index (χ1) is 18.3. The molecule has 2 heterocycles. The molecule has 0 radical (unpaired) electrons. The molecule has 0 aliphatic rings. The van der Waals surface area contributed by atoms with Crippen LogP contribution in [0.3, 0.4) is 0 Å². The van der Waals surface area contributed by atoms with Crippen LogP contribution in [-0.2, 0) is 7.05 Å². The van der Waals surface area contributed by atoms with Gasteiger partial charge in [-0.2, -0.15) is 0 Å². The number of ether oxygens (including phenoxy) is 1. The van der Waals surface area contributed by atoms with Gasteiger partial charge in [-0.15, -0.1) is 0 Å². The fraction of sp³-hybridized carbons (Fsp3) is 0.172. The minimum absolute atomic E-state index is 0.00240. The molecule has 38 heavy (non-hydrogen) atoms. The number of aryl methyl sites for hydroxylation is 1. The monoisotopic (exact) mass is 514 g/mol. The van der Waals surface area contributed by atoms with Crippen molar-refractivity contribution in [2.75, 3.05) is 13.2 Å². The number of aromatic amines is 1. The van der Waals surface area contributed by atoms with Crippen LogP contribution >= 0.6 is 0 Å². The average Bonchev–Trinajstić information content (AvgIpc) is 3.39. The summed E-state index contributed by atoms with van der Waals surface area (Å²) in [6, 6.07) is 9.57. The van der Waals surface area contributed by atoms with E-state index in [1.807, 2.05) is 0 Å². The molecular weight excluding hydrogens is 490 g/mol. The number of rotatable bonds is 7. The van der Waals surface area contributed by atoms with Gasteiger partial charge in [0, 0.05) is 54.8 Å². The highest BCUT2D eigenvalue weighted by Gasteiger charge is 2.21. The minimum Gasteiger partial charge on any atom is -0.490 e. The molecule has 0 aliphatic carbocycles. The second-order valence-corrected chi connectivity index (χ2v) is 8.42. The van der Waals surface area contributed by atoms with Crippen LogP contribution in [-0.4, -0.2) is 28.6 Å². The Bertz CT molecular complexity index is 1700. The van der Waals surface area contributed by atoms with Crippen molar-refractivity contribution in [3.05, 3.63) is 99.1 Å². The molecule has 2 aromatic carbocycles. The highest BCUT2D eigenvalue weighted by atomic mass is 19.1. The van der Waals surface area contributed by atoms with Gasteiger partial charge in [-0.25, -0.2) is 8.78 Å². The summed E-state index contributed by atoms with van der Waals surface area (Å²) in [6.07, 6.45) is 3.26. The van der Waals surface area contributed by atoms with E-state index in [4.69, 9.17) is 16.2 Å². The Morgan fingerprint density at radius 3 is 2.74 bits per heavy atom. The van der Waals surface area contributed by atoms with E-state index in [1.165, 1.54) is 10.6 Å². The Morgan fingerprint density at radius 1 is 1.16 bits per heavy atom. The largest absolute Gasteiger partial charge is 0.490 e. The Labute approximate surface area is 217 Å². The summed E-state index contributed by atoms with van der Waals surface area (Å²) in [4.78, 5) is 28.0. The molecule has 1 amide bonds. The van der Waals surface area contributed by atoms with Crippen molar-refractivity contribution >= 4 is 16.8 Å². The van der Waals surface area contributed by atoms with Crippen LogP contribution in [0.5, 0.6) is 5.75 Å².